The van der Waals surface area contributed by atoms with Gasteiger partial charge in [0.05, 0.1) is 12.2 Å². The summed E-state index contributed by atoms with van der Waals surface area (Å²) in [4.78, 5) is 6.59. The Bertz CT molecular complexity index is 446. The smallest absolute Gasteiger partial charge is 0.173 e. The summed E-state index contributed by atoms with van der Waals surface area (Å²) in [5.74, 6) is 0.771. The maximum Gasteiger partial charge on any atom is 0.173 e. The van der Waals surface area contributed by atoms with Crippen LogP contribution in [0.15, 0.2) is 17.3 Å². The number of hydrogen-bond donors (Lipinski definition) is 2. The standard InChI is InChI=1S/C13H22N4O2/c1-9(2)17(7-8-19-4)13-11(12(14)16-18)6-5-10(3)15-13/h5-6,9,18H,7-8H2,1-4H3,(H2,14,16). The van der Waals surface area contributed by atoms with Crippen LogP contribution < -0.4 is 10.6 Å². The number of aryl methyl sites for hydroxylation is 1. The summed E-state index contributed by atoms with van der Waals surface area (Å²) in [6.07, 6.45) is 0. The Labute approximate surface area is 113 Å². The van der Waals surface area contributed by atoms with Crippen LogP contribution in [0.4, 0.5) is 5.82 Å². The van der Waals surface area contributed by atoms with Crippen molar-refractivity contribution in [3.8, 4) is 0 Å². The molecule has 0 spiro atoms. The first-order chi connectivity index (χ1) is 9.01. The molecular formula is C13H22N4O2. The quantitative estimate of drug-likeness (QED) is 0.351. The molecule has 1 aromatic heterocycles. The van der Waals surface area contributed by atoms with Crippen LogP contribution in [-0.2, 0) is 4.74 Å². The average molecular weight is 266 g/mol. The van der Waals surface area contributed by atoms with E-state index in [0.717, 1.165) is 5.69 Å². The Morgan fingerprint density at radius 2 is 2.21 bits per heavy atom. The molecule has 0 aliphatic rings. The molecule has 6 nitrogen and oxygen atoms in total. The van der Waals surface area contributed by atoms with E-state index in [-0.39, 0.29) is 11.9 Å². The van der Waals surface area contributed by atoms with Gasteiger partial charge in [-0.15, -0.1) is 0 Å². The highest BCUT2D eigenvalue weighted by atomic mass is 16.5. The van der Waals surface area contributed by atoms with Crippen LogP contribution in [0.25, 0.3) is 0 Å². The third kappa shape index (κ3) is 3.82. The second-order valence-electron chi connectivity index (χ2n) is 4.59. The molecule has 19 heavy (non-hydrogen) atoms. The minimum absolute atomic E-state index is 0.0607. The van der Waals surface area contributed by atoms with Crippen LogP contribution in [0.1, 0.15) is 25.1 Å². The van der Waals surface area contributed by atoms with Crippen molar-refractivity contribution in [3.05, 3.63) is 23.4 Å². The van der Waals surface area contributed by atoms with Gasteiger partial charge in [-0.2, -0.15) is 0 Å². The van der Waals surface area contributed by atoms with Crippen molar-refractivity contribution in [1.82, 2.24) is 4.98 Å². The minimum Gasteiger partial charge on any atom is -0.409 e. The van der Waals surface area contributed by atoms with Gasteiger partial charge < -0.3 is 20.6 Å². The number of nitrogens with two attached hydrogens (primary N) is 1. The second-order valence-corrected chi connectivity index (χ2v) is 4.59. The first-order valence-corrected chi connectivity index (χ1v) is 6.22. The summed E-state index contributed by atoms with van der Waals surface area (Å²) in [7, 11) is 1.66. The molecule has 0 amide bonds. The van der Waals surface area contributed by atoms with Gasteiger partial charge in [-0.1, -0.05) is 5.16 Å². The lowest BCUT2D eigenvalue weighted by Gasteiger charge is -2.29. The number of hydrogen-bond acceptors (Lipinski definition) is 5. The van der Waals surface area contributed by atoms with Gasteiger partial charge in [-0.25, -0.2) is 4.98 Å². The first-order valence-electron chi connectivity index (χ1n) is 6.22. The maximum atomic E-state index is 8.87. The monoisotopic (exact) mass is 266 g/mol. The Balaban J connectivity index is 3.23. The number of methoxy groups -OCH3 is 1. The van der Waals surface area contributed by atoms with E-state index in [0.29, 0.717) is 24.5 Å². The highest BCUT2D eigenvalue weighted by molar-refractivity contribution is 6.01. The van der Waals surface area contributed by atoms with Crippen molar-refractivity contribution < 1.29 is 9.94 Å². The zero-order valence-electron chi connectivity index (χ0n) is 11.9. The molecule has 1 heterocycles. The molecule has 3 N–H and O–H groups in total. The summed E-state index contributed by atoms with van der Waals surface area (Å²) in [5, 5.41) is 11.9. The molecule has 0 atom stereocenters. The van der Waals surface area contributed by atoms with Crippen LogP contribution in [0.2, 0.25) is 0 Å². The van der Waals surface area contributed by atoms with Gasteiger partial charge in [0.2, 0.25) is 0 Å². The van der Waals surface area contributed by atoms with Gasteiger partial charge in [0.1, 0.15) is 5.82 Å². The Hall–Kier alpha value is -1.82. The van der Waals surface area contributed by atoms with Gasteiger partial charge in [-0.3, -0.25) is 0 Å². The Kier molecular flexibility index (Phi) is 5.57. The van der Waals surface area contributed by atoms with Gasteiger partial charge in [0, 0.05) is 25.4 Å². The van der Waals surface area contributed by atoms with Crippen molar-refractivity contribution in [2.75, 3.05) is 25.2 Å². The van der Waals surface area contributed by atoms with Crippen molar-refractivity contribution in [3.63, 3.8) is 0 Å². The zero-order valence-corrected chi connectivity index (χ0v) is 11.9. The van der Waals surface area contributed by atoms with E-state index < -0.39 is 0 Å². The molecule has 0 fully saturated rings. The summed E-state index contributed by atoms with van der Waals surface area (Å²) in [5.41, 5.74) is 7.22. The number of aromatic nitrogens is 1. The second kappa shape index (κ2) is 6.94. The molecule has 1 rings (SSSR count). The summed E-state index contributed by atoms with van der Waals surface area (Å²) in [6.45, 7) is 7.32. The minimum atomic E-state index is 0.0607. The maximum absolute atomic E-state index is 8.87. The number of nitrogens with zero attached hydrogens (tertiary/aromatic N) is 3. The van der Waals surface area contributed by atoms with Crippen molar-refractivity contribution in [2.45, 2.75) is 26.8 Å². The van der Waals surface area contributed by atoms with Crippen LogP contribution in [-0.4, -0.2) is 42.3 Å². The summed E-state index contributed by atoms with van der Waals surface area (Å²) >= 11 is 0. The molecule has 0 unspecified atom stereocenters. The molecule has 6 heteroatoms. The van der Waals surface area contributed by atoms with Crippen molar-refractivity contribution in [1.29, 1.82) is 0 Å². The fourth-order valence-electron chi connectivity index (χ4n) is 1.81. The number of oxime groups is 1. The number of rotatable bonds is 6. The molecule has 1 aromatic rings. The summed E-state index contributed by atoms with van der Waals surface area (Å²) in [6, 6.07) is 3.88. The number of anilines is 1. The van der Waals surface area contributed by atoms with Crippen LogP contribution >= 0.6 is 0 Å². The lowest BCUT2D eigenvalue weighted by molar-refractivity contribution is 0.203. The largest absolute Gasteiger partial charge is 0.409 e. The SMILES string of the molecule is COCCN(c1nc(C)ccc1/C(N)=N/O)C(C)C. The predicted octanol–water partition coefficient (Wildman–Crippen LogP) is 1.35. The van der Waals surface area contributed by atoms with E-state index >= 15 is 0 Å². The average Bonchev–Trinajstić information content (AvgIpc) is 2.38. The molecule has 0 saturated heterocycles. The Morgan fingerprint density at radius 3 is 2.74 bits per heavy atom. The van der Waals surface area contributed by atoms with E-state index in [1.165, 1.54) is 0 Å². The highest BCUT2D eigenvalue weighted by Crippen LogP contribution is 2.20. The first kappa shape index (κ1) is 15.2. The van der Waals surface area contributed by atoms with Crippen LogP contribution in [0, 0.1) is 6.92 Å². The number of ether oxygens (including phenoxy) is 1. The molecule has 0 saturated carbocycles. The topological polar surface area (TPSA) is 84.0 Å². The molecule has 0 radical (unpaired) electrons. The van der Waals surface area contributed by atoms with Crippen molar-refractivity contribution >= 4 is 11.7 Å². The van der Waals surface area contributed by atoms with E-state index in [9.17, 15) is 0 Å². The van der Waals surface area contributed by atoms with Gasteiger partial charge in [-0.05, 0) is 32.9 Å². The lowest BCUT2D eigenvalue weighted by Crippen LogP contribution is -2.36. The molecule has 106 valence electrons. The van der Waals surface area contributed by atoms with E-state index in [1.807, 2.05) is 19.1 Å². The molecule has 0 bridgehead atoms. The third-order valence-corrected chi connectivity index (χ3v) is 2.83. The number of pyridine rings is 1. The highest BCUT2D eigenvalue weighted by Gasteiger charge is 2.18. The normalized spacial score (nSPS) is 11.9. The van der Waals surface area contributed by atoms with E-state index in [1.54, 1.807) is 7.11 Å². The zero-order chi connectivity index (χ0) is 14.4. The third-order valence-electron chi connectivity index (χ3n) is 2.83. The predicted molar refractivity (Wildman–Crippen MR) is 75.8 cm³/mol. The molecule has 0 aromatic carbocycles. The van der Waals surface area contributed by atoms with Gasteiger partial charge in [0.25, 0.3) is 0 Å². The molecular weight excluding hydrogens is 244 g/mol. The fourth-order valence-corrected chi connectivity index (χ4v) is 1.81. The lowest BCUT2D eigenvalue weighted by atomic mass is 10.2. The van der Waals surface area contributed by atoms with Gasteiger partial charge >= 0.3 is 0 Å². The van der Waals surface area contributed by atoms with Crippen LogP contribution in [0.5, 0.6) is 0 Å². The molecule has 0 aliphatic heterocycles. The Morgan fingerprint density at radius 1 is 1.53 bits per heavy atom. The summed E-state index contributed by atoms with van der Waals surface area (Å²) < 4.78 is 5.12. The van der Waals surface area contributed by atoms with Gasteiger partial charge in [0.15, 0.2) is 5.84 Å². The van der Waals surface area contributed by atoms with Crippen LogP contribution in [0.3, 0.4) is 0 Å². The molecule has 0 aliphatic carbocycles. The van der Waals surface area contributed by atoms with E-state index in [2.05, 4.69) is 28.9 Å². The van der Waals surface area contributed by atoms with E-state index in [4.69, 9.17) is 15.7 Å². The number of amidine groups is 1. The fraction of sp³-hybridized carbons (Fsp3) is 0.538. The van der Waals surface area contributed by atoms with Crippen molar-refractivity contribution in [2.24, 2.45) is 10.9 Å².